The van der Waals surface area contributed by atoms with Gasteiger partial charge >= 0.3 is 12.1 Å². The van der Waals surface area contributed by atoms with E-state index in [9.17, 15) is 19.1 Å². The zero-order valence-corrected chi connectivity index (χ0v) is 19.9. The van der Waals surface area contributed by atoms with Crippen LogP contribution in [0, 0.1) is 12.7 Å². The highest BCUT2D eigenvalue weighted by Crippen LogP contribution is 2.30. The van der Waals surface area contributed by atoms with Crippen molar-refractivity contribution in [3.63, 3.8) is 0 Å². The number of anilines is 2. The minimum Gasteiger partial charge on any atom is -0.465 e. The van der Waals surface area contributed by atoms with Crippen molar-refractivity contribution in [1.29, 1.82) is 0 Å². The third-order valence-electron chi connectivity index (χ3n) is 6.32. The van der Waals surface area contributed by atoms with Crippen LogP contribution in [0.1, 0.15) is 29.9 Å². The largest absolute Gasteiger partial charge is 0.465 e. The summed E-state index contributed by atoms with van der Waals surface area (Å²) in [6, 6.07) is 8.45. The monoisotopic (exact) mass is 493 g/mol. The second-order valence-electron chi connectivity index (χ2n) is 9.23. The van der Waals surface area contributed by atoms with E-state index < -0.39 is 23.4 Å². The van der Waals surface area contributed by atoms with Crippen LogP contribution >= 0.6 is 0 Å². The molecule has 11 nitrogen and oxygen atoms in total. The number of aromatic nitrogens is 4. The van der Waals surface area contributed by atoms with Gasteiger partial charge in [-0.3, -0.25) is 14.1 Å². The number of piperazine rings is 1. The maximum atomic E-state index is 14.8. The van der Waals surface area contributed by atoms with Gasteiger partial charge in [0.1, 0.15) is 17.2 Å². The number of hydrogen-bond donors (Lipinski definition) is 2. The summed E-state index contributed by atoms with van der Waals surface area (Å²) >= 11 is 0. The van der Waals surface area contributed by atoms with Gasteiger partial charge in [-0.1, -0.05) is 11.2 Å². The normalized spacial score (nSPS) is 15.3. The molecule has 4 aromatic rings. The number of nitrogens with zero attached hydrogens (tertiary/aromatic N) is 6. The SMILES string of the molecule is Cc1c(F)cc(-c2noc(N3CCN(C(=O)O)C(C)(C)C3)n2)cc1NC(=O)c1cnc2ccccn12. The van der Waals surface area contributed by atoms with Crippen LogP contribution in [-0.4, -0.2) is 66.7 Å². The van der Waals surface area contributed by atoms with E-state index in [1.807, 2.05) is 19.9 Å². The molecular formula is C24H24FN7O4. The first kappa shape index (κ1) is 23.3. The van der Waals surface area contributed by atoms with Crippen molar-refractivity contribution in [2.75, 3.05) is 29.9 Å². The number of benzene rings is 1. The van der Waals surface area contributed by atoms with E-state index in [4.69, 9.17) is 4.52 Å². The molecule has 0 bridgehead atoms. The van der Waals surface area contributed by atoms with Crippen LogP contribution in [-0.2, 0) is 0 Å². The molecule has 1 fully saturated rings. The Kier molecular flexibility index (Phi) is 5.58. The molecule has 0 radical (unpaired) electrons. The lowest BCUT2D eigenvalue weighted by Crippen LogP contribution is -2.61. The van der Waals surface area contributed by atoms with Gasteiger partial charge in [0.25, 0.3) is 5.91 Å². The van der Waals surface area contributed by atoms with Gasteiger partial charge in [-0.15, -0.1) is 0 Å². The lowest BCUT2D eigenvalue weighted by Gasteiger charge is -2.44. The Morgan fingerprint density at radius 3 is 2.78 bits per heavy atom. The molecule has 0 atom stereocenters. The minimum atomic E-state index is -0.987. The lowest BCUT2D eigenvalue weighted by molar-refractivity contribution is 0.0828. The van der Waals surface area contributed by atoms with Crippen molar-refractivity contribution < 1.29 is 23.6 Å². The Morgan fingerprint density at radius 1 is 1.22 bits per heavy atom. The highest BCUT2D eigenvalue weighted by molar-refractivity contribution is 6.04. The smallest absolute Gasteiger partial charge is 0.407 e. The Labute approximate surface area is 205 Å². The van der Waals surface area contributed by atoms with Gasteiger partial charge in [0.2, 0.25) is 5.82 Å². The molecule has 0 aliphatic carbocycles. The zero-order valence-electron chi connectivity index (χ0n) is 19.9. The van der Waals surface area contributed by atoms with Gasteiger partial charge < -0.3 is 19.8 Å². The van der Waals surface area contributed by atoms with Gasteiger partial charge in [-0.25, -0.2) is 14.2 Å². The molecule has 36 heavy (non-hydrogen) atoms. The molecule has 3 aromatic heterocycles. The average Bonchev–Trinajstić information content (AvgIpc) is 3.48. The van der Waals surface area contributed by atoms with E-state index in [1.54, 1.807) is 40.6 Å². The molecule has 5 rings (SSSR count). The zero-order chi connectivity index (χ0) is 25.6. The Balaban J connectivity index is 1.40. The molecule has 186 valence electrons. The molecule has 2 N–H and O–H groups in total. The first-order chi connectivity index (χ1) is 17.1. The molecule has 0 unspecified atom stereocenters. The standard InChI is InChI=1S/C24H24FN7O4/c1-14-16(25)10-15(11-17(14)27-21(33)18-12-26-19-6-4-5-7-31(18)19)20-28-22(36-29-20)30-8-9-32(23(34)35)24(2,3)13-30/h4-7,10-12H,8-9,13H2,1-3H3,(H,27,33)(H,34,35). The van der Waals surface area contributed by atoms with Gasteiger partial charge in [0.15, 0.2) is 0 Å². The summed E-state index contributed by atoms with van der Waals surface area (Å²) in [6.45, 7) is 6.20. The molecule has 0 spiro atoms. The Hall–Kier alpha value is -4.48. The fraction of sp³-hybridized carbons (Fsp3) is 0.292. The number of carbonyl (C=O) groups is 2. The fourth-order valence-corrected chi connectivity index (χ4v) is 4.36. The van der Waals surface area contributed by atoms with E-state index in [1.165, 1.54) is 17.2 Å². The number of pyridine rings is 1. The lowest BCUT2D eigenvalue weighted by atomic mass is 10.00. The number of fused-ring (bicyclic) bond motifs is 1. The average molecular weight is 493 g/mol. The minimum absolute atomic E-state index is 0.146. The van der Waals surface area contributed by atoms with E-state index in [0.717, 1.165) is 0 Å². The van der Waals surface area contributed by atoms with Crippen LogP contribution in [0.3, 0.4) is 0 Å². The molecule has 1 aliphatic heterocycles. The Bertz CT molecular complexity index is 1480. The topological polar surface area (TPSA) is 129 Å². The number of rotatable bonds is 4. The number of hydrogen-bond acceptors (Lipinski definition) is 7. The van der Waals surface area contributed by atoms with Crippen LogP contribution in [0.15, 0.2) is 47.2 Å². The van der Waals surface area contributed by atoms with Crippen LogP contribution < -0.4 is 10.2 Å². The van der Waals surface area contributed by atoms with E-state index >= 15 is 0 Å². The molecule has 2 amide bonds. The predicted octanol–water partition coefficient (Wildman–Crippen LogP) is 3.66. The van der Waals surface area contributed by atoms with Crippen molar-refractivity contribution in [3.8, 4) is 11.4 Å². The maximum absolute atomic E-state index is 14.8. The summed E-state index contributed by atoms with van der Waals surface area (Å²) in [7, 11) is 0. The second-order valence-corrected chi connectivity index (χ2v) is 9.23. The summed E-state index contributed by atoms with van der Waals surface area (Å²) in [5, 5.41) is 16.2. The summed E-state index contributed by atoms with van der Waals surface area (Å²) in [4.78, 5) is 36.2. The van der Waals surface area contributed by atoms with E-state index in [2.05, 4.69) is 20.4 Å². The predicted molar refractivity (Wildman–Crippen MR) is 129 cm³/mol. The molecule has 0 saturated carbocycles. The molecule has 1 aromatic carbocycles. The third kappa shape index (κ3) is 4.10. The van der Waals surface area contributed by atoms with Crippen molar-refractivity contribution in [2.24, 2.45) is 0 Å². The van der Waals surface area contributed by atoms with Crippen LogP contribution in [0.4, 0.5) is 20.9 Å². The molecule has 4 heterocycles. The van der Waals surface area contributed by atoms with Crippen molar-refractivity contribution in [2.45, 2.75) is 26.3 Å². The van der Waals surface area contributed by atoms with Crippen molar-refractivity contribution >= 4 is 29.3 Å². The van der Waals surface area contributed by atoms with Gasteiger partial charge in [0.05, 0.1) is 11.7 Å². The first-order valence-corrected chi connectivity index (χ1v) is 11.3. The van der Waals surface area contributed by atoms with Crippen molar-refractivity contribution in [1.82, 2.24) is 24.4 Å². The second kappa shape index (κ2) is 8.63. The third-order valence-corrected chi connectivity index (χ3v) is 6.32. The number of nitrogens with one attached hydrogen (secondary N) is 1. The number of halogens is 1. The Morgan fingerprint density at radius 2 is 2.03 bits per heavy atom. The maximum Gasteiger partial charge on any atom is 0.407 e. The van der Waals surface area contributed by atoms with Crippen LogP contribution in [0.25, 0.3) is 17.0 Å². The molecule has 1 aliphatic rings. The van der Waals surface area contributed by atoms with Gasteiger partial charge in [-0.05, 0) is 45.0 Å². The number of carboxylic acid groups (broad SMARTS) is 1. The molecular weight excluding hydrogens is 469 g/mol. The summed E-state index contributed by atoms with van der Waals surface area (Å²) in [5.41, 5.74) is 1.11. The number of amides is 2. The van der Waals surface area contributed by atoms with E-state index in [-0.39, 0.29) is 29.6 Å². The van der Waals surface area contributed by atoms with Gasteiger partial charge in [0, 0.05) is 42.6 Å². The molecule has 1 saturated heterocycles. The number of imidazole rings is 1. The summed E-state index contributed by atoms with van der Waals surface area (Å²) < 4.78 is 21.9. The van der Waals surface area contributed by atoms with E-state index in [0.29, 0.717) is 30.0 Å². The fourth-order valence-electron chi connectivity index (χ4n) is 4.36. The number of carbonyl (C=O) groups excluding carboxylic acids is 1. The quantitative estimate of drug-likeness (QED) is 0.441. The van der Waals surface area contributed by atoms with Gasteiger partial charge in [-0.2, -0.15) is 4.98 Å². The summed E-state index contributed by atoms with van der Waals surface area (Å²) in [6.07, 6.45) is 2.19. The highest BCUT2D eigenvalue weighted by atomic mass is 19.1. The van der Waals surface area contributed by atoms with Crippen LogP contribution in [0.2, 0.25) is 0 Å². The van der Waals surface area contributed by atoms with Crippen LogP contribution in [0.5, 0.6) is 0 Å². The highest BCUT2D eigenvalue weighted by Gasteiger charge is 2.38. The molecule has 12 heteroatoms. The van der Waals surface area contributed by atoms with Crippen molar-refractivity contribution in [3.05, 3.63) is 59.8 Å². The summed E-state index contributed by atoms with van der Waals surface area (Å²) in [5.74, 6) is -0.836. The first-order valence-electron chi connectivity index (χ1n) is 11.3.